The molecule has 0 spiro atoms. The molecule has 1 aromatic heterocycles. The maximum Gasteiger partial charge on any atom is 0.0593 e. The van der Waals surface area contributed by atoms with E-state index in [-0.39, 0.29) is 0 Å². The Balaban J connectivity index is 1.57. The van der Waals surface area contributed by atoms with E-state index in [1.165, 1.54) is 38.6 Å². The molecule has 90 valence electrons. The second-order valence-corrected chi connectivity index (χ2v) is 4.93. The van der Waals surface area contributed by atoms with E-state index in [1.807, 2.05) is 11.6 Å². The van der Waals surface area contributed by atoms with Crippen LogP contribution in [0.1, 0.15) is 37.8 Å². The molecular formula is C13H23N3. The van der Waals surface area contributed by atoms with E-state index in [0.29, 0.717) is 0 Å². The van der Waals surface area contributed by atoms with Gasteiger partial charge >= 0.3 is 0 Å². The SMILES string of the molecule is Cc1ccn(CCNCC2CCCCC2)n1. The first kappa shape index (κ1) is 11.6. The fourth-order valence-electron chi connectivity index (χ4n) is 2.48. The third-order valence-corrected chi connectivity index (χ3v) is 3.45. The zero-order chi connectivity index (χ0) is 11.2. The van der Waals surface area contributed by atoms with Crippen LogP contribution in [-0.4, -0.2) is 22.9 Å². The first-order chi connectivity index (χ1) is 7.84. The number of nitrogens with zero attached hydrogens (tertiary/aromatic N) is 2. The largest absolute Gasteiger partial charge is 0.315 e. The Kier molecular flexibility index (Phi) is 4.40. The van der Waals surface area contributed by atoms with Crippen molar-refractivity contribution in [2.75, 3.05) is 13.1 Å². The van der Waals surface area contributed by atoms with Gasteiger partial charge < -0.3 is 5.32 Å². The summed E-state index contributed by atoms with van der Waals surface area (Å²) >= 11 is 0. The highest BCUT2D eigenvalue weighted by atomic mass is 15.3. The summed E-state index contributed by atoms with van der Waals surface area (Å²) in [5, 5.41) is 7.92. The summed E-state index contributed by atoms with van der Waals surface area (Å²) in [5.74, 6) is 0.924. The van der Waals surface area contributed by atoms with Gasteiger partial charge in [-0.15, -0.1) is 0 Å². The average Bonchev–Trinajstić information content (AvgIpc) is 2.72. The predicted octanol–water partition coefficient (Wildman–Crippen LogP) is 2.36. The van der Waals surface area contributed by atoms with Gasteiger partial charge in [0.2, 0.25) is 0 Å². The zero-order valence-electron chi connectivity index (χ0n) is 10.3. The van der Waals surface area contributed by atoms with Crippen molar-refractivity contribution >= 4 is 0 Å². The molecule has 0 unspecified atom stereocenters. The number of hydrogen-bond acceptors (Lipinski definition) is 2. The van der Waals surface area contributed by atoms with Crippen LogP contribution in [0.3, 0.4) is 0 Å². The van der Waals surface area contributed by atoms with Crippen LogP contribution >= 0.6 is 0 Å². The quantitative estimate of drug-likeness (QED) is 0.774. The highest BCUT2D eigenvalue weighted by molar-refractivity contribution is 4.94. The van der Waals surface area contributed by atoms with Crippen molar-refractivity contribution in [3.8, 4) is 0 Å². The molecule has 0 aliphatic heterocycles. The van der Waals surface area contributed by atoms with Gasteiger partial charge in [0.25, 0.3) is 0 Å². The summed E-state index contributed by atoms with van der Waals surface area (Å²) in [6.07, 6.45) is 9.22. The molecule has 16 heavy (non-hydrogen) atoms. The van der Waals surface area contributed by atoms with E-state index in [4.69, 9.17) is 0 Å². The van der Waals surface area contributed by atoms with E-state index >= 15 is 0 Å². The van der Waals surface area contributed by atoms with Gasteiger partial charge in [-0.3, -0.25) is 4.68 Å². The average molecular weight is 221 g/mol. The normalized spacial score (nSPS) is 17.8. The van der Waals surface area contributed by atoms with Gasteiger partial charge in [0.1, 0.15) is 0 Å². The second kappa shape index (κ2) is 6.04. The van der Waals surface area contributed by atoms with Crippen LogP contribution in [-0.2, 0) is 6.54 Å². The van der Waals surface area contributed by atoms with Crippen LogP contribution in [0, 0.1) is 12.8 Å². The van der Waals surface area contributed by atoms with E-state index in [0.717, 1.165) is 24.7 Å². The lowest BCUT2D eigenvalue weighted by atomic mass is 9.89. The maximum absolute atomic E-state index is 4.37. The molecule has 3 nitrogen and oxygen atoms in total. The van der Waals surface area contributed by atoms with Crippen molar-refractivity contribution in [2.24, 2.45) is 5.92 Å². The molecule has 0 amide bonds. The zero-order valence-corrected chi connectivity index (χ0v) is 10.3. The molecule has 2 rings (SSSR count). The van der Waals surface area contributed by atoms with Crippen LogP contribution in [0.4, 0.5) is 0 Å². The van der Waals surface area contributed by atoms with Crippen LogP contribution < -0.4 is 5.32 Å². The molecule has 1 aliphatic rings. The smallest absolute Gasteiger partial charge is 0.0593 e. The molecule has 0 bridgehead atoms. The van der Waals surface area contributed by atoms with E-state index in [1.54, 1.807) is 0 Å². The van der Waals surface area contributed by atoms with E-state index < -0.39 is 0 Å². The Labute approximate surface area is 98.2 Å². The lowest BCUT2D eigenvalue weighted by Crippen LogP contribution is -2.27. The lowest BCUT2D eigenvalue weighted by Gasteiger charge is -2.21. The fourth-order valence-corrected chi connectivity index (χ4v) is 2.48. The van der Waals surface area contributed by atoms with Gasteiger partial charge in [-0.2, -0.15) is 5.10 Å². The van der Waals surface area contributed by atoms with Crippen molar-refractivity contribution in [1.82, 2.24) is 15.1 Å². The topological polar surface area (TPSA) is 29.9 Å². The van der Waals surface area contributed by atoms with Gasteiger partial charge in [0, 0.05) is 12.7 Å². The highest BCUT2D eigenvalue weighted by Crippen LogP contribution is 2.22. The minimum absolute atomic E-state index is 0.924. The van der Waals surface area contributed by atoms with Crippen LogP contribution in [0.5, 0.6) is 0 Å². The van der Waals surface area contributed by atoms with Gasteiger partial charge in [0.05, 0.1) is 12.2 Å². The van der Waals surface area contributed by atoms with Gasteiger partial charge in [-0.25, -0.2) is 0 Å². The number of rotatable bonds is 5. The molecule has 1 saturated carbocycles. The number of nitrogens with one attached hydrogen (secondary N) is 1. The number of aromatic nitrogens is 2. The molecule has 0 atom stereocenters. The van der Waals surface area contributed by atoms with Gasteiger partial charge in [-0.05, 0) is 38.3 Å². The van der Waals surface area contributed by atoms with Crippen molar-refractivity contribution in [2.45, 2.75) is 45.6 Å². The standard InChI is InChI=1S/C13H23N3/c1-12-7-9-16(15-12)10-8-14-11-13-5-3-2-4-6-13/h7,9,13-14H,2-6,8,10-11H2,1H3. The van der Waals surface area contributed by atoms with Crippen LogP contribution in [0.15, 0.2) is 12.3 Å². The third-order valence-electron chi connectivity index (χ3n) is 3.45. The molecule has 0 aromatic carbocycles. The monoisotopic (exact) mass is 221 g/mol. The second-order valence-electron chi connectivity index (χ2n) is 4.93. The number of hydrogen-bond donors (Lipinski definition) is 1. The van der Waals surface area contributed by atoms with Crippen molar-refractivity contribution < 1.29 is 0 Å². The molecule has 1 aromatic rings. The van der Waals surface area contributed by atoms with Crippen molar-refractivity contribution in [1.29, 1.82) is 0 Å². The molecule has 1 heterocycles. The first-order valence-corrected chi connectivity index (χ1v) is 6.55. The third kappa shape index (κ3) is 3.63. The Morgan fingerprint density at radius 3 is 2.88 bits per heavy atom. The first-order valence-electron chi connectivity index (χ1n) is 6.55. The van der Waals surface area contributed by atoms with Gasteiger partial charge in [-0.1, -0.05) is 19.3 Å². The highest BCUT2D eigenvalue weighted by Gasteiger charge is 2.12. The summed E-state index contributed by atoms with van der Waals surface area (Å²) in [5.41, 5.74) is 1.10. The molecule has 0 saturated heterocycles. The van der Waals surface area contributed by atoms with Crippen molar-refractivity contribution in [3.05, 3.63) is 18.0 Å². The lowest BCUT2D eigenvalue weighted by molar-refractivity contribution is 0.339. The van der Waals surface area contributed by atoms with Crippen molar-refractivity contribution in [3.63, 3.8) is 0 Å². The van der Waals surface area contributed by atoms with Crippen LogP contribution in [0.2, 0.25) is 0 Å². The molecular weight excluding hydrogens is 198 g/mol. The Morgan fingerprint density at radius 2 is 2.19 bits per heavy atom. The Hall–Kier alpha value is -0.830. The Bertz CT molecular complexity index is 300. The summed E-state index contributed by atoms with van der Waals surface area (Å²) in [7, 11) is 0. The van der Waals surface area contributed by atoms with Gasteiger partial charge in [0.15, 0.2) is 0 Å². The Morgan fingerprint density at radius 1 is 1.38 bits per heavy atom. The molecule has 1 aliphatic carbocycles. The minimum atomic E-state index is 0.924. The molecule has 0 radical (unpaired) electrons. The fraction of sp³-hybridized carbons (Fsp3) is 0.769. The molecule has 1 N–H and O–H groups in total. The van der Waals surface area contributed by atoms with E-state index in [9.17, 15) is 0 Å². The predicted molar refractivity (Wildman–Crippen MR) is 66.4 cm³/mol. The molecule has 1 fully saturated rings. The van der Waals surface area contributed by atoms with E-state index in [2.05, 4.69) is 22.7 Å². The summed E-state index contributed by atoms with van der Waals surface area (Å²) in [4.78, 5) is 0. The summed E-state index contributed by atoms with van der Waals surface area (Å²) in [6, 6.07) is 2.06. The number of aryl methyl sites for hydroxylation is 1. The minimum Gasteiger partial charge on any atom is -0.315 e. The maximum atomic E-state index is 4.37. The summed E-state index contributed by atoms with van der Waals surface area (Å²) in [6.45, 7) is 5.25. The molecule has 3 heteroatoms. The van der Waals surface area contributed by atoms with Crippen LogP contribution in [0.25, 0.3) is 0 Å². The summed E-state index contributed by atoms with van der Waals surface area (Å²) < 4.78 is 2.02.